The van der Waals surface area contributed by atoms with E-state index in [1.54, 1.807) is 0 Å². The monoisotopic (exact) mass is 374 g/mol. The zero-order valence-corrected chi connectivity index (χ0v) is 16.0. The van der Waals surface area contributed by atoms with E-state index >= 15 is 0 Å². The van der Waals surface area contributed by atoms with Gasteiger partial charge >= 0.3 is 0 Å². The lowest BCUT2D eigenvalue weighted by Gasteiger charge is -2.06. The Balaban J connectivity index is 1.92. The Bertz CT molecular complexity index is 1070. The zero-order chi connectivity index (χ0) is 19.5. The van der Waals surface area contributed by atoms with Gasteiger partial charge in [0.15, 0.2) is 11.4 Å². The number of benzene rings is 3. The van der Waals surface area contributed by atoms with Crippen LogP contribution in [-0.2, 0) is 7.05 Å². The van der Waals surface area contributed by atoms with E-state index in [0.29, 0.717) is 6.61 Å². The van der Waals surface area contributed by atoms with Gasteiger partial charge in [-0.05, 0) is 55.5 Å². The molecule has 3 aromatic carbocycles. The van der Waals surface area contributed by atoms with E-state index in [0.717, 1.165) is 34.0 Å². The van der Waals surface area contributed by atoms with Crippen molar-refractivity contribution in [3.8, 4) is 34.0 Å². The van der Waals surface area contributed by atoms with Gasteiger partial charge < -0.3 is 4.74 Å². The highest BCUT2D eigenvalue weighted by atomic mass is 19.1. The molecule has 0 bridgehead atoms. The van der Waals surface area contributed by atoms with Crippen molar-refractivity contribution in [2.75, 3.05) is 6.61 Å². The summed E-state index contributed by atoms with van der Waals surface area (Å²) in [6, 6.07) is 24.9. The third-order valence-corrected chi connectivity index (χ3v) is 4.70. The van der Waals surface area contributed by atoms with Gasteiger partial charge in [0, 0.05) is 11.1 Å². The number of rotatable bonds is 5. The van der Waals surface area contributed by atoms with E-state index in [1.165, 1.54) is 12.1 Å². The maximum Gasteiger partial charge on any atom is 0.249 e. The average molecular weight is 374 g/mol. The summed E-state index contributed by atoms with van der Waals surface area (Å²) in [7, 11) is 2.01. The van der Waals surface area contributed by atoms with Crippen LogP contribution in [0.5, 0.6) is 5.75 Å². The van der Waals surface area contributed by atoms with Crippen LogP contribution in [-0.4, -0.2) is 11.2 Å². The summed E-state index contributed by atoms with van der Waals surface area (Å²) in [5, 5.41) is 0. The van der Waals surface area contributed by atoms with Crippen molar-refractivity contribution in [2.24, 2.45) is 7.05 Å². The normalized spacial score (nSPS) is 10.8. The summed E-state index contributed by atoms with van der Waals surface area (Å²) in [6.07, 6.45) is 2.05. The van der Waals surface area contributed by atoms with Gasteiger partial charge in [-0.3, -0.25) is 0 Å². The Morgan fingerprint density at radius 1 is 0.857 bits per heavy atom. The Morgan fingerprint density at radius 2 is 1.54 bits per heavy atom. The number of hydrogen-bond acceptors (Lipinski definition) is 1. The molecule has 0 aliphatic carbocycles. The fourth-order valence-corrected chi connectivity index (χ4v) is 3.46. The summed E-state index contributed by atoms with van der Waals surface area (Å²) >= 11 is 0. The van der Waals surface area contributed by atoms with Crippen molar-refractivity contribution in [1.29, 1.82) is 0 Å². The van der Waals surface area contributed by atoms with Crippen molar-refractivity contribution in [3.05, 3.63) is 91.0 Å². The van der Waals surface area contributed by atoms with Gasteiger partial charge in [0.1, 0.15) is 17.3 Å². The number of nitrogens with zero attached hydrogens (tertiary/aromatic N) is 2. The fourth-order valence-electron chi connectivity index (χ4n) is 3.46. The van der Waals surface area contributed by atoms with Gasteiger partial charge in [-0.1, -0.05) is 30.3 Å². The lowest BCUT2D eigenvalue weighted by atomic mass is 10.0. The van der Waals surface area contributed by atoms with E-state index in [9.17, 15) is 4.39 Å². The number of imidazole rings is 1. The van der Waals surface area contributed by atoms with Crippen LogP contribution in [0.2, 0.25) is 0 Å². The SMILES string of the molecule is CCOc1ccc(-n2[13cH][n+](C)c(-c3ccc(F)cc3)c2-c2ccccc2)cc1. The van der Waals surface area contributed by atoms with Crippen molar-refractivity contribution < 1.29 is 13.7 Å². The average Bonchev–Trinajstić information content (AvgIpc) is 3.07. The van der Waals surface area contributed by atoms with Crippen LogP contribution >= 0.6 is 0 Å². The third kappa shape index (κ3) is 3.41. The van der Waals surface area contributed by atoms with Gasteiger partial charge in [-0.15, -0.1) is 0 Å². The molecule has 0 atom stereocenters. The van der Waals surface area contributed by atoms with Gasteiger partial charge in [-0.25, -0.2) is 8.96 Å². The first kappa shape index (κ1) is 18.0. The molecule has 0 saturated carbocycles. The Morgan fingerprint density at radius 3 is 2.18 bits per heavy atom. The Hall–Kier alpha value is -3.40. The molecule has 0 N–H and O–H groups in total. The van der Waals surface area contributed by atoms with Gasteiger partial charge in [0.2, 0.25) is 6.33 Å². The van der Waals surface area contributed by atoms with E-state index in [2.05, 4.69) is 27.6 Å². The second kappa shape index (κ2) is 7.69. The van der Waals surface area contributed by atoms with Crippen LogP contribution in [0.1, 0.15) is 6.92 Å². The molecule has 4 rings (SSSR count). The molecule has 0 aliphatic rings. The van der Waals surface area contributed by atoms with Crippen LogP contribution in [0.25, 0.3) is 28.2 Å². The predicted octanol–water partition coefficient (Wildman–Crippen LogP) is 5.17. The van der Waals surface area contributed by atoms with E-state index in [1.807, 2.05) is 68.6 Å². The van der Waals surface area contributed by atoms with Gasteiger partial charge in [0.05, 0.1) is 13.7 Å². The predicted molar refractivity (Wildman–Crippen MR) is 109 cm³/mol. The van der Waals surface area contributed by atoms with E-state index in [4.69, 9.17) is 4.74 Å². The Labute approximate surface area is 164 Å². The Kier molecular flexibility index (Phi) is 4.94. The highest BCUT2D eigenvalue weighted by Gasteiger charge is 2.25. The lowest BCUT2D eigenvalue weighted by Crippen LogP contribution is -2.27. The van der Waals surface area contributed by atoms with Gasteiger partial charge in [-0.2, -0.15) is 4.57 Å². The number of hydrogen-bond donors (Lipinski definition) is 0. The second-order valence-electron chi connectivity index (χ2n) is 6.59. The molecule has 4 heteroatoms. The molecule has 0 spiro atoms. The van der Waals surface area contributed by atoms with Crippen molar-refractivity contribution in [3.63, 3.8) is 0 Å². The first-order valence-corrected chi connectivity index (χ1v) is 9.33. The number of halogens is 1. The summed E-state index contributed by atoms with van der Waals surface area (Å²) in [5.41, 5.74) is 5.17. The van der Waals surface area contributed by atoms with Crippen molar-refractivity contribution in [1.82, 2.24) is 4.57 Å². The minimum absolute atomic E-state index is 0.237. The molecular weight excluding hydrogens is 352 g/mol. The third-order valence-electron chi connectivity index (χ3n) is 4.70. The number of ether oxygens (including phenoxy) is 1. The molecule has 4 aromatic rings. The summed E-state index contributed by atoms with van der Waals surface area (Å²) < 4.78 is 23.3. The first-order chi connectivity index (χ1) is 13.7. The van der Waals surface area contributed by atoms with Crippen LogP contribution in [0, 0.1) is 5.82 Å². The van der Waals surface area contributed by atoms with Crippen LogP contribution in [0.3, 0.4) is 0 Å². The minimum atomic E-state index is -0.237. The maximum absolute atomic E-state index is 13.5. The molecule has 0 amide bonds. The molecule has 0 fully saturated rings. The molecule has 1 heterocycles. The maximum atomic E-state index is 13.5. The quantitative estimate of drug-likeness (QED) is 0.441. The molecule has 0 saturated heterocycles. The van der Waals surface area contributed by atoms with Crippen LogP contribution in [0.4, 0.5) is 4.39 Å². The van der Waals surface area contributed by atoms with E-state index in [-0.39, 0.29) is 5.82 Å². The number of aryl methyl sites for hydroxylation is 1. The van der Waals surface area contributed by atoms with Crippen LogP contribution < -0.4 is 9.30 Å². The second-order valence-corrected chi connectivity index (χ2v) is 6.59. The molecule has 0 aliphatic heterocycles. The lowest BCUT2D eigenvalue weighted by molar-refractivity contribution is -0.659. The minimum Gasteiger partial charge on any atom is -0.494 e. The molecule has 28 heavy (non-hydrogen) atoms. The topological polar surface area (TPSA) is 18.0 Å². The summed E-state index contributed by atoms with van der Waals surface area (Å²) in [5.74, 6) is 0.612. The molecule has 140 valence electrons. The first-order valence-electron chi connectivity index (χ1n) is 9.33. The van der Waals surface area contributed by atoms with Crippen molar-refractivity contribution in [2.45, 2.75) is 6.92 Å². The fraction of sp³-hybridized carbons (Fsp3) is 0.125. The summed E-state index contributed by atoms with van der Waals surface area (Å²) in [6.45, 7) is 2.62. The molecule has 0 radical (unpaired) electrons. The highest BCUT2D eigenvalue weighted by molar-refractivity contribution is 5.77. The van der Waals surface area contributed by atoms with Crippen LogP contribution in [0.15, 0.2) is 85.2 Å². The standard InChI is InChI=1S/C24H22FN2O/c1-3-28-22-15-13-21(14-16-22)27-17-26(2)23(19-9-11-20(25)12-10-19)24(27)18-7-5-4-6-8-18/h4-17H,3H2,1-2H3/q+1/i17+1. The molecular formula is C24H22FN2O+. The molecule has 0 unspecified atom stereocenters. The largest absolute Gasteiger partial charge is 0.494 e. The number of aromatic nitrogens is 2. The van der Waals surface area contributed by atoms with Gasteiger partial charge in [0.25, 0.3) is 0 Å². The zero-order valence-electron chi connectivity index (χ0n) is 16.0. The van der Waals surface area contributed by atoms with Crippen molar-refractivity contribution >= 4 is 0 Å². The molecule has 1 aromatic heterocycles. The van der Waals surface area contributed by atoms with E-state index < -0.39 is 0 Å². The smallest absolute Gasteiger partial charge is 0.249 e. The summed E-state index contributed by atoms with van der Waals surface area (Å²) in [4.78, 5) is 0. The highest BCUT2D eigenvalue weighted by Crippen LogP contribution is 2.32. The molecule has 3 nitrogen and oxygen atoms in total.